The fraction of sp³-hybridized carbons (Fsp3) is 0.500. The molecule has 5 heteroatoms. The zero-order valence-corrected chi connectivity index (χ0v) is 11.3. The highest BCUT2D eigenvalue weighted by Crippen LogP contribution is 2.19. The number of nitrogens with zero attached hydrogens (tertiary/aromatic N) is 2. The Hall–Kier alpha value is -1.59. The first-order valence-electron chi connectivity index (χ1n) is 6.69. The average molecular weight is 263 g/mol. The van der Waals surface area contributed by atoms with Crippen LogP contribution in [0.3, 0.4) is 0 Å². The molecule has 0 amide bonds. The Kier molecular flexibility index (Phi) is 4.76. The van der Waals surface area contributed by atoms with Gasteiger partial charge in [0.15, 0.2) is 0 Å². The Labute approximate surface area is 113 Å². The van der Waals surface area contributed by atoms with E-state index in [1.807, 2.05) is 18.2 Å². The standard InChI is InChI=1S/C14H21N3O2/c1-2-14-16-12-10-11(15)4-5-13(12)17(14)6-3-8-19-9-7-18/h4-5,10,18H,2-3,6-9,15H2,1H3. The van der Waals surface area contributed by atoms with Gasteiger partial charge >= 0.3 is 0 Å². The summed E-state index contributed by atoms with van der Waals surface area (Å²) in [7, 11) is 0. The molecule has 3 N–H and O–H groups in total. The van der Waals surface area contributed by atoms with Crippen LogP contribution in [0.5, 0.6) is 0 Å². The number of benzene rings is 1. The number of rotatable bonds is 7. The van der Waals surface area contributed by atoms with Gasteiger partial charge in [0, 0.05) is 25.3 Å². The van der Waals surface area contributed by atoms with Gasteiger partial charge in [-0.05, 0) is 24.6 Å². The maximum absolute atomic E-state index is 8.65. The summed E-state index contributed by atoms with van der Waals surface area (Å²) in [6, 6.07) is 5.83. The van der Waals surface area contributed by atoms with E-state index in [9.17, 15) is 0 Å². The van der Waals surface area contributed by atoms with Crippen LogP contribution in [0.4, 0.5) is 5.69 Å². The van der Waals surface area contributed by atoms with Crippen LogP contribution in [-0.2, 0) is 17.7 Å². The zero-order valence-electron chi connectivity index (χ0n) is 11.3. The van der Waals surface area contributed by atoms with Crippen molar-refractivity contribution in [1.82, 2.24) is 9.55 Å². The summed E-state index contributed by atoms with van der Waals surface area (Å²) in [5.41, 5.74) is 8.60. The average Bonchev–Trinajstić information content (AvgIpc) is 2.75. The number of fused-ring (bicyclic) bond motifs is 1. The number of nitrogen functional groups attached to an aromatic ring is 1. The molecule has 2 aromatic rings. The summed E-state index contributed by atoms with van der Waals surface area (Å²) in [5.74, 6) is 1.07. The summed E-state index contributed by atoms with van der Waals surface area (Å²) in [4.78, 5) is 4.61. The van der Waals surface area contributed by atoms with Crippen molar-refractivity contribution in [1.29, 1.82) is 0 Å². The highest BCUT2D eigenvalue weighted by atomic mass is 16.5. The molecule has 1 heterocycles. The molecule has 2 rings (SSSR count). The third-order valence-corrected chi connectivity index (χ3v) is 3.07. The number of aliphatic hydroxyl groups is 1. The van der Waals surface area contributed by atoms with Crippen molar-refractivity contribution in [2.45, 2.75) is 26.3 Å². The summed E-state index contributed by atoms with van der Waals surface area (Å²) < 4.78 is 7.50. The number of anilines is 1. The van der Waals surface area contributed by atoms with Crippen LogP contribution >= 0.6 is 0 Å². The molecule has 0 saturated heterocycles. The monoisotopic (exact) mass is 263 g/mol. The van der Waals surface area contributed by atoms with Crippen LogP contribution in [0.25, 0.3) is 11.0 Å². The quantitative estimate of drug-likeness (QED) is 0.587. The number of imidazole rings is 1. The van der Waals surface area contributed by atoms with Gasteiger partial charge in [0.2, 0.25) is 0 Å². The van der Waals surface area contributed by atoms with E-state index in [0.717, 1.165) is 41.9 Å². The minimum absolute atomic E-state index is 0.0769. The van der Waals surface area contributed by atoms with Crippen LogP contribution in [0.1, 0.15) is 19.2 Å². The molecule has 0 radical (unpaired) electrons. The van der Waals surface area contributed by atoms with Crippen molar-refractivity contribution in [3.8, 4) is 0 Å². The van der Waals surface area contributed by atoms with Gasteiger partial charge in [0.25, 0.3) is 0 Å². The van der Waals surface area contributed by atoms with Crippen molar-refractivity contribution in [2.24, 2.45) is 0 Å². The third kappa shape index (κ3) is 3.24. The molecule has 0 saturated carbocycles. The molecular weight excluding hydrogens is 242 g/mol. The summed E-state index contributed by atoms with van der Waals surface area (Å²) in [6.45, 7) is 4.10. The molecule has 0 bridgehead atoms. The molecule has 0 unspecified atom stereocenters. The molecule has 0 aliphatic heterocycles. The summed E-state index contributed by atoms with van der Waals surface area (Å²) in [6.07, 6.45) is 1.80. The highest BCUT2D eigenvalue weighted by molar-refractivity contribution is 5.79. The van der Waals surface area contributed by atoms with E-state index < -0.39 is 0 Å². The zero-order chi connectivity index (χ0) is 13.7. The molecule has 1 aromatic carbocycles. The van der Waals surface area contributed by atoms with E-state index in [1.165, 1.54) is 0 Å². The van der Waals surface area contributed by atoms with Gasteiger partial charge in [-0.3, -0.25) is 0 Å². The molecule has 5 nitrogen and oxygen atoms in total. The third-order valence-electron chi connectivity index (χ3n) is 3.07. The number of aliphatic hydroxyl groups excluding tert-OH is 1. The second-order valence-corrected chi connectivity index (χ2v) is 4.47. The number of hydrogen-bond donors (Lipinski definition) is 2. The Morgan fingerprint density at radius 1 is 1.37 bits per heavy atom. The Balaban J connectivity index is 2.11. The van der Waals surface area contributed by atoms with Crippen molar-refractivity contribution in [3.05, 3.63) is 24.0 Å². The topological polar surface area (TPSA) is 73.3 Å². The first-order valence-corrected chi connectivity index (χ1v) is 6.69. The first kappa shape index (κ1) is 13.8. The summed E-state index contributed by atoms with van der Waals surface area (Å²) in [5, 5.41) is 8.65. The molecule has 0 spiro atoms. The molecule has 0 fully saturated rings. The lowest BCUT2D eigenvalue weighted by Gasteiger charge is -2.08. The van der Waals surface area contributed by atoms with Crippen LogP contribution in [0.2, 0.25) is 0 Å². The van der Waals surface area contributed by atoms with Gasteiger partial charge in [-0.25, -0.2) is 4.98 Å². The van der Waals surface area contributed by atoms with E-state index in [0.29, 0.717) is 13.2 Å². The van der Waals surface area contributed by atoms with Gasteiger partial charge in [-0.15, -0.1) is 0 Å². The number of ether oxygens (including phenoxy) is 1. The predicted octanol–water partition coefficient (Wildman–Crippen LogP) is 1.58. The van der Waals surface area contributed by atoms with E-state index >= 15 is 0 Å². The molecule has 0 atom stereocenters. The molecule has 1 aromatic heterocycles. The summed E-state index contributed by atoms with van der Waals surface area (Å²) >= 11 is 0. The number of aromatic nitrogens is 2. The van der Waals surface area contributed by atoms with Crippen molar-refractivity contribution in [2.75, 3.05) is 25.6 Å². The lowest BCUT2D eigenvalue weighted by Crippen LogP contribution is -2.07. The largest absolute Gasteiger partial charge is 0.399 e. The van der Waals surface area contributed by atoms with Crippen molar-refractivity contribution < 1.29 is 9.84 Å². The molecule has 104 valence electrons. The van der Waals surface area contributed by atoms with E-state index in [-0.39, 0.29) is 6.61 Å². The normalized spacial score (nSPS) is 11.3. The van der Waals surface area contributed by atoms with Gasteiger partial charge in [-0.2, -0.15) is 0 Å². The Morgan fingerprint density at radius 3 is 2.95 bits per heavy atom. The van der Waals surface area contributed by atoms with Gasteiger partial charge < -0.3 is 20.1 Å². The predicted molar refractivity (Wildman–Crippen MR) is 76.0 cm³/mol. The molecule has 0 aliphatic carbocycles. The fourth-order valence-electron chi connectivity index (χ4n) is 2.21. The lowest BCUT2D eigenvalue weighted by molar-refractivity contribution is 0.0888. The Bertz CT molecular complexity index is 537. The van der Waals surface area contributed by atoms with E-state index in [2.05, 4.69) is 16.5 Å². The van der Waals surface area contributed by atoms with Crippen LogP contribution in [-0.4, -0.2) is 34.5 Å². The van der Waals surface area contributed by atoms with Crippen LogP contribution in [0, 0.1) is 0 Å². The lowest BCUT2D eigenvalue weighted by atomic mass is 10.3. The van der Waals surface area contributed by atoms with Crippen LogP contribution in [0.15, 0.2) is 18.2 Å². The number of aryl methyl sites for hydroxylation is 2. The van der Waals surface area contributed by atoms with Crippen molar-refractivity contribution in [3.63, 3.8) is 0 Å². The van der Waals surface area contributed by atoms with Gasteiger partial charge in [-0.1, -0.05) is 6.92 Å². The smallest absolute Gasteiger partial charge is 0.109 e. The highest BCUT2D eigenvalue weighted by Gasteiger charge is 2.09. The minimum Gasteiger partial charge on any atom is -0.399 e. The Morgan fingerprint density at radius 2 is 2.21 bits per heavy atom. The number of hydrogen-bond acceptors (Lipinski definition) is 4. The fourth-order valence-corrected chi connectivity index (χ4v) is 2.21. The SMILES string of the molecule is CCc1nc2cc(N)ccc2n1CCCOCCO. The minimum atomic E-state index is 0.0769. The van der Waals surface area contributed by atoms with Gasteiger partial charge in [0.1, 0.15) is 5.82 Å². The van der Waals surface area contributed by atoms with E-state index in [4.69, 9.17) is 15.6 Å². The van der Waals surface area contributed by atoms with Gasteiger partial charge in [0.05, 0.1) is 24.2 Å². The second kappa shape index (κ2) is 6.54. The molecule has 19 heavy (non-hydrogen) atoms. The second-order valence-electron chi connectivity index (χ2n) is 4.47. The van der Waals surface area contributed by atoms with E-state index in [1.54, 1.807) is 0 Å². The van der Waals surface area contributed by atoms with Crippen molar-refractivity contribution >= 4 is 16.7 Å². The number of nitrogens with two attached hydrogens (primary N) is 1. The molecular formula is C14H21N3O2. The molecule has 0 aliphatic rings. The maximum atomic E-state index is 8.65. The maximum Gasteiger partial charge on any atom is 0.109 e. The van der Waals surface area contributed by atoms with Crippen LogP contribution < -0.4 is 5.73 Å². The first-order chi connectivity index (χ1) is 9.26.